The molecule has 1 atom stereocenters. The minimum atomic E-state index is -0.211. The summed E-state index contributed by atoms with van der Waals surface area (Å²) < 4.78 is 5.10. The molecule has 1 aromatic rings. The Balaban J connectivity index is 2.54. The predicted octanol–water partition coefficient (Wildman–Crippen LogP) is 1.81. The van der Waals surface area contributed by atoms with Crippen molar-refractivity contribution in [2.75, 3.05) is 13.7 Å². The molecule has 17 heavy (non-hydrogen) atoms. The van der Waals surface area contributed by atoms with Crippen LogP contribution in [0.2, 0.25) is 0 Å². The average Bonchev–Trinajstić information content (AvgIpc) is 2.76. The second-order valence-corrected chi connectivity index (χ2v) is 4.59. The van der Waals surface area contributed by atoms with Gasteiger partial charge in [-0.05, 0) is 44.0 Å². The second-order valence-electron chi connectivity index (χ2n) is 4.59. The number of phenolic OH excluding ortho intramolecular Hbond substituents is 1. The molecule has 1 heterocycles. The van der Waals surface area contributed by atoms with Crippen molar-refractivity contribution in [3.05, 3.63) is 23.3 Å². The van der Waals surface area contributed by atoms with Gasteiger partial charge in [-0.2, -0.15) is 0 Å². The first-order valence-electron chi connectivity index (χ1n) is 5.72. The standard InChI is InChI=1S/C13H17NO3/c1-13(4-3-5-14-13)10-7-12(17-2)11(16)6-9(10)8-15/h6-8,14,16H,3-5H2,1-2H3. The van der Waals surface area contributed by atoms with Gasteiger partial charge in [-0.25, -0.2) is 0 Å². The van der Waals surface area contributed by atoms with Gasteiger partial charge in [0.25, 0.3) is 0 Å². The lowest BCUT2D eigenvalue weighted by Gasteiger charge is -2.27. The number of phenols is 1. The minimum Gasteiger partial charge on any atom is -0.504 e. The number of aldehydes is 1. The highest BCUT2D eigenvalue weighted by atomic mass is 16.5. The Bertz CT molecular complexity index is 437. The zero-order valence-corrected chi connectivity index (χ0v) is 10.1. The highest BCUT2D eigenvalue weighted by Crippen LogP contribution is 2.37. The number of hydrogen-bond acceptors (Lipinski definition) is 4. The van der Waals surface area contributed by atoms with Gasteiger partial charge in [0.1, 0.15) is 0 Å². The number of rotatable bonds is 3. The molecule has 0 spiro atoms. The van der Waals surface area contributed by atoms with Crippen LogP contribution in [0.15, 0.2) is 12.1 Å². The van der Waals surface area contributed by atoms with Crippen LogP contribution in [0.25, 0.3) is 0 Å². The number of aromatic hydroxyl groups is 1. The number of hydrogen-bond donors (Lipinski definition) is 2. The second kappa shape index (κ2) is 4.37. The number of carbonyl (C=O) groups is 1. The van der Waals surface area contributed by atoms with Crippen LogP contribution in [0.1, 0.15) is 35.7 Å². The third kappa shape index (κ3) is 2.00. The summed E-state index contributed by atoms with van der Waals surface area (Å²) in [4.78, 5) is 11.1. The summed E-state index contributed by atoms with van der Waals surface area (Å²) in [6.45, 7) is 3.01. The molecule has 0 amide bonds. The van der Waals surface area contributed by atoms with Gasteiger partial charge < -0.3 is 15.2 Å². The Kier molecular flexibility index (Phi) is 3.07. The van der Waals surface area contributed by atoms with Crippen LogP contribution >= 0.6 is 0 Å². The molecule has 2 N–H and O–H groups in total. The summed E-state index contributed by atoms with van der Waals surface area (Å²) >= 11 is 0. The molecule has 0 saturated carbocycles. The molecular weight excluding hydrogens is 218 g/mol. The summed E-state index contributed by atoms with van der Waals surface area (Å²) in [6.07, 6.45) is 2.83. The normalized spacial score (nSPS) is 23.6. The van der Waals surface area contributed by atoms with Gasteiger partial charge in [0.2, 0.25) is 0 Å². The van der Waals surface area contributed by atoms with Crippen molar-refractivity contribution >= 4 is 6.29 Å². The fourth-order valence-electron chi connectivity index (χ4n) is 2.45. The van der Waals surface area contributed by atoms with Gasteiger partial charge in [-0.1, -0.05) is 0 Å². The molecule has 1 aliphatic rings. The van der Waals surface area contributed by atoms with Gasteiger partial charge in [-0.3, -0.25) is 4.79 Å². The molecule has 2 rings (SSSR count). The maximum Gasteiger partial charge on any atom is 0.160 e. The number of carbonyl (C=O) groups excluding carboxylic acids is 1. The van der Waals surface area contributed by atoms with E-state index in [1.165, 1.54) is 13.2 Å². The van der Waals surface area contributed by atoms with E-state index < -0.39 is 0 Å². The van der Waals surface area contributed by atoms with E-state index in [0.717, 1.165) is 31.2 Å². The van der Waals surface area contributed by atoms with Crippen LogP contribution in [-0.2, 0) is 5.54 Å². The molecule has 4 heteroatoms. The smallest absolute Gasteiger partial charge is 0.160 e. The topological polar surface area (TPSA) is 58.6 Å². The van der Waals surface area contributed by atoms with Gasteiger partial charge in [0.15, 0.2) is 17.8 Å². The monoisotopic (exact) mass is 235 g/mol. The molecule has 1 fully saturated rings. The van der Waals surface area contributed by atoms with Crippen molar-refractivity contribution in [2.24, 2.45) is 0 Å². The maximum absolute atomic E-state index is 11.1. The highest BCUT2D eigenvalue weighted by molar-refractivity contribution is 5.80. The zero-order valence-electron chi connectivity index (χ0n) is 10.1. The van der Waals surface area contributed by atoms with Crippen LogP contribution < -0.4 is 10.1 Å². The molecule has 4 nitrogen and oxygen atoms in total. The van der Waals surface area contributed by atoms with E-state index >= 15 is 0 Å². The Morgan fingerprint density at radius 3 is 2.82 bits per heavy atom. The van der Waals surface area contributed by atoms with Gasteiger partial charge in [0.05, 0.1) is 7.11 Å². The highest BCUT2D eigenvalue weighted by Gasteiger charge is 2.32. The predicted molar refractivity (Wildman–Crippen MR) is 64.6 cm³/mol. The van der Waals surface area contributed by atoms with Crippen molar-refractivity contribution in [3.63, 3.8) is 0 Å². The lowest BCUT2D eigenvalue weighted by Crippen LogP contribution is -2.34. The van der Waals surface area contributed by atoms with Crippen LogP contribution in [0.5, 0.6) is 11.5 Å². The van der Waals surface area contributed by atoms with E-state index in [1.54, 1.807) is 6.07 Å². The summed E-state index contributed by atoms with van der Waals surface area (Å²) in [5.41, 5.74) is 1.19. The third-order valence-electron chi connectivity index (χ3n) is 3.44. The molecule has 92 valence electrons. The summed E-state index contributed by atoms with van der Waals surface area (Å²) in [6, 6.07) is 3.21. The summed E-state index contributed by atoms with van der Waals surface area (Å²) in [7, 11) is 1.50. The average molecular weight is 235 g/mol. The van der Waals surface area contributed by atoms with E-state index in [-0.39, 0.29) is 11.3 Å². The van der Waals surface area contributed by atoms with Crippen LogP contribution in [-0.4, -0.2) is 25.0 Å². The Labute approximate surface area is 101 Å². The molecule has 0 aliphatic carbocycles. The lowest BCUT2D eigenvalue weighted by molar-refractivity contribution is 0.112. The van der Waals surface area contributed by atoms with Crippen molar-refractivity contribution in [1.29, 1.82) is 0 Å². The van der Waals surface area contributed by atoms with Crippen molar-refractivity contribution in [3.8, 4) is 11.5 Å². The molecule has 0 aromatic heterocycles. The molecule has 0 bridgehead atoms. The molecule has 1 aromatic carbocycles. The lowest BCUT2D eigenvalue weighted by atomic mass is 9.87. The largest absolute Gasteiger partial charge is 0.504 e. The molecule has 1 saturated heterocycles. The van der Waals surface area contributed by atoms with Gasteiger partial charge in [0, 0.05) is 11.1 Å². The van der Waals surface area contributed by atoms with E-state index in [9.17, 15) is 9.90 Å². The first kappa shape index (κ1) is 11.9. The maximum atomic E-state index is 11.1. The third-order valence-corrected chi connectivity index (χ3v) is 3.44. The van der Waals surface area contributed by atoms with Crippen molar-refractivity contribution in [2.45, 2.75) is 25.3 Å². The first-order valence-corrected chi connectivity index (χ1v) is 5.72. The molecule has 1 unspecified atom stereocenters. The SMILES string of the molecule is COc1cc(C2(C)CCCN2)c(C=O)cc1O. The van der Waals surface area contributed by atoms with Crippen LogP contribution in [0.4, 0.5) is 0 Å². The quantitative estimate of drug-likeness (QED) is 0.784. The zero-order chi connectivity index (χ0) is 12.5. The van der Waals surface area contributed by atoms with Crippen molar-refractivity contribution in [1.82, 2.24) is 5.32 Å². The van der Waals surface area contributed by atoms with E-state index in [2.05, 4.69) is 12.2 Å². The Hall–Kier alpha value is -1.55. The first-order chi connectivity index (χ1) is 8.10. The fraction of sp³-hybridized carbons (Fsp3) is 0.462. The summed E-state index contributed by atoms with van der Waals surface area (Å²) in [5.74, 6) is 0.403. The Morgan fingerprint density at radius 1 is 1.53 bits per heavy atom. The minimum absolute atomic E-state index is 0.0000491. The van der Waals surface area contributed by atoms with E-state index in [4.69, 9.17) is 4.74 Å². The Morgan fingerprint density at radius 2 is 2.29 bits per heavy atom. The van der Waals surface area contributed by atoms with Crippen LogP contribution in [0, 0.1) is 0 Å². The molecule has 1 aliphatic heterocycles. The number of ether oxygens (including phenoxy) is 1. The molecular formula is C13H17NO3. The van der Waals surface area contributed by atoms with Crippen molar-refractivity contribution < 1.29 is 14.6 Å². The van der Waals surface area contributed by atoms with Crippen LogP contribution in [0.3, 0.4) is 0 Å². The van der Waals surface area contributed by atoms with E-state index in [1.807, 2.05) is 0 Å². The van der Waals surface area contributed by atoms with E-state index in [0.29, 0.717) is 11.3 Å². The summed E-state index contributed by atoms with van der Waals surface area (Å²) in [5, 5.41) is 13.1. The molecule has 0 radical (unpaired) electrons. The fourth-order valence-corrected chi connectivity index (χ4v) is 2.45. The number of nitrogens with one attached hydrogen (secondary N) is 1. The number of benzene rings is 1. The van der Waals surface area contributed by atoms with Gasteiger partial charge >= 0.3 is 0 Å². The van der Waals surface area contributed by atoms with Gasteiger partial charge in [-0.15, -0.1) is 0 Å². The number of methoxy groups -OCH3 is 1.